The van der Waals surface area contributed by atoms with Crippen molar-refractivity contribution in [3.8, 4) is 5.69 Å². The Labute approximate surface area is 196 Å². The number of aromatic nitrogens is 3. The molecule has 10 heteroatoms. The zero-order chi connectivity index (χ0) is 23.2. The fourth-order valence-corrected chi connectivity index (χ4v) is 4.64. The van der Waals surface area contributed by atoms with Gasteiger partial charge in [0.05, 0.1) is 17.2 Å². The van der Waals surface area contributed by atoms with Gasteiger partial charge in [-0.1, -0.05) is 36.4 Å². The van der Waals surface area contributed by atoms with Gasteiger partial charge in [0.2, 0.25) is 5.91 Å². The van der Waals surface area contributed by atoms with Crippen LogP contribution in [0, 0.1) is 17.0 Å². The number of carbonyl (C=O) groups is 1. The van der Waals surface area contributed by atoms with Crippen molar-refractivity contribution in [3.05, 3.63) is 70.0 Å². The molecule has 33 heavy (non-hydrogen) atoms. The summed E-state index contributed by atoms with van der Waals surface area (Å²) in [6, 6.07) is 14.3. The summed E-state index contributed by atoms with van der Waals surface area (Å²) < 4.78 is 2.02. The first-order chi connectivity index (χ1) is 16.0. The minimum atomic E-state index is -0.452. The number of thioether (sulfide) groups is 1. The number of piperidine rings is 1. The number of amides is 1. The quantitative estimate of drug-likeness (QED) is 0.301. The molecule has 0 unspecified atom stereocenters. The standard InChI is InChI=1S/C23H26N6O3S/c1-17-14-19(29(31)32)10-11-20(17)24-22(30)16-33-23-26-25-21(15-27-12-6-3-7-13-27)28(23)18-8-4-2-5-9-18/h2,4-5,8-11,14H,3,6-7,12-13,15-16H2,1H3,(H,24,30). The molecule has 0 radical (unpaired) electrons. The third-order valence-electron chi connectivity index (χ3n) is 5.56. The highest BCUT2D eigenvalue weighted by Gasteiger charge is 2.20. The number of aryl methyl sites for hydroxylation is 1. The molecule has 0 atom stereocenters. The molecule has 3 aromatic rings. The summed E-state index contributed by atoms with van der Waals surface area (Å²) in [6.45, 7) is 4.56. The van der Waals surface area contributed by atoms with Crippen molar-refractivity contribution in [1.29, 1.82) is 0 Å². The number of nitro groups is 1. The largest absolute Gasteiger partial charge is 0.325 e. The third kappa shape index (κ3) is 5.77. The Hall–Kier alpha value is -3.24. The van der Waals surface area contributed by atoms with Crippen LogP contribution in [-0.2, 0) is 11.3 Å². The van der Waals surface area contributed by atoms with Gasteiger partial charge in [-0.3, -0.25) is 24.4 Å². The van der Waals surface area contributed by atoms with Gasteiger partial charge in [-0.15, -0.1) is 10.2 Å². The molecule has 9 nitrogen and oxygen atoms in total. The van der Waals surface area contributed by atoms with Crippen molar-refractivity contribution in [2.75, 3.05) is 24.2 Å². The maximum Gasteiger partial charge on any atom is 0.269 e. The second kappa shape index (κ2) is 10.6. The van der Waals surface area contributed by atoms with E-state index in [0.717, 1.165) is 31.1 Å². The molecular weight excluding hydrogens is 440 g/mol. The molecule has 0 spiro atoms. The van der Waals surface area contributed by atoms with Gasteiger partial charge < -0.3 is 5.32 Å². The van der Waals surface area contributed by atoms with Gasteiger partial charge in [-0.25, -0.2) is 0 Å². The van der Waals surface area contributed by atoms with Crippen LogP contribution in [0.2, 0.25) is 0 Å². The lowest BCUT2D eigenvalue weighted by molar-refractivity contribution is -0.384. The molecule has 0 aliphatic carbocycles. The molecule has 1 saturated heterocycles. The van der Waals surface area contributed by atoms with Gasteiger partial charge in [0.15, 0.2) is 11.0 Å². The maximum atomic E-state index is 12.6. The van der Waals surface area contributed by atoms with E-state index in [-0.39, 0.29) is 17.3 Å². The zero-order valence-electron chi connectivity index (χ0n) is 18.4. The van der Waals surface area contributed by atoms with Crippen LogP contribution in [0.5, 0.6) is 0 Å². The molecule has 1 aliphatic rings. The number of hydrogen-bond donors (Lipinski definition) is 1. The van der Waals surface area contributed by atoms with Crippen LogP contribution in [0.25, 0.3) is 5.69 Å². The summed E-state index contributed by atoms with van der Waals surface area (Å²) >= 11 is 1.32. The Morgan fingerprint density at radius 3 is 2.58 bits per heavy atom. The van der Waals surface area contributed by atoms with Crippen molar-refractivity contribution in [1.82, 2.24) is 19.7 Å². The van der Waals surface area contributed by atoms with Crippen molar-refractivity contribution in [3.63, 3.8) is 0 Å². The zero-order valence-corrected chi connectivity index (χ0v) is 19.3. The van der Waals surface area contributed by atoms with Crippen LogP contribution in [0.1, 0.15) is 30.7 Å². The molecular formula is C23H26N6O3S. The number of nitrogens with zero attached hydrogens (tertiary/aromatic N) is 5. The summed E-state index contributed by atoms with van der Waals surface area (Å²) in [6.07, 6.45) is 3.67. The number of likely N-dealkylation sites (tertiary alicyclic amines) is 1. The number of nitrogens with one attached hydrogen (secondary N) is 1. The monoisotopic (exact) mass is 466 g/mol. The van der Waals surface area contributed by atoms with E-state index in [2.05, 4.69) is 20.4 Å². The Kier molecular flexibility index (Phi) is 7.36. The third-order valence-corrected chi connectivity index (χ3v) is 6.48. The number of rotatable bonds is 8. The number of para-hydroxylation sites is 1. The molecule has 4 rings (SSSR count). The van der Waals surface area contributed by atoms with Gasteiger partial charge >= 0.3 is 0 Å². The number of nitro benzene ring substituents is 1. The van der Waals surface area contributed by atoms with Crippen LogP contribution in [0.3, 0.4) is 0 Å². The van der Waals surface area contributed by atoms with Gasteiger partial charge in [0.1, 0.15) is 0 Å². The van der Waals surface area contributed by atoms with Gasteiger partial charge in [-0.05, 0) is 56.6 Å². The lowest BCUT2D eigenvalue weighted by Crippen LogP contribution is -2.30. The van der Waals surface area contributed by atoms with Crippen molar-refractivity contribution in [2.45, 2.75) is 37.9 Å². The smallest absolute Gasteiger partial charge is 0.269 e. The van der Waals surface area contributed by atoms with Gasteiger partial charge in [0, 0.05) is 23.5 Å². The molecule has 1 aliphatic heterocycles. The number of anilines is 1. The molecule has 0 saturated carbocycles. The Morgan fingerprint density at radius 2 is 1.88 bits per heavy atom. The first-order valence-electron chi connectivity index (χ1n) is 10.9. The van der Waals surface area contributed by atoms with E-state index in [4.69, 9.17) is 0 Å². The highest BCUT2D eigenvalue weighted by atomic mass is 32.2. The maximum absolute atomic E-state index is 12.6. The van der Waals surface area contributed by atoms with Gasteiger partial charge in [-0.2, -0.15) is 0 Å². The number of carbonyl (C=O) groups excluding carboxylic acids is 1. The fraction of sp³-hybridized carbons (Fsp3) is 0.348. The van der Waals surface area contributed by atoms with Crippen LogP contribution < -0.4 is 5.32 Å². The number of non-ortho nitro benzene ring substituents is 1. The minimum absolute atomic E-state index is 0.00271. The van der Waals surface area contributed by atoms with Crippen molar-refractivity contribution >= 4 is 29.0 Å². The first-order valence-corrected chi connectivity index (χ1v) is 11.9. The lowest BCUT2D eigenvalue weighted by atomic mass is 10.1. The molecule has 172 valence electrons. The topological polar surface area (TPSA) is 106 Å². The molecule has 2 heterocycles. The molecule has 1 amide bonds. The van der Waals surface area contributed by atoms with E-state index in [9.17, 15) is 14.9 Å². The fourth-order valence-electron chi connectivity index (χ4n) is 3.87. The SMILES string of the molecule is Cc1cc([N+](=O)[O-])ccc1NC(=O)CSc1nnc(CN2CCCCC2)n1-c1ccccc1. The number of hydrogen-bond acceptors (Lipinski definition) is 7. The Balaban J connectivity index is 1.47. The molecule has 1 fully saturated rings. The summed E-state index contributed by atoms with van der Waals surface area (Å²) in [5, 5.41) is 23.2. The molecule has 2 aromatic carbocycles. The molecule has 1 N–H and O–H groups in total. The van der Waals surface area contributed by atoms with Crippen molar-refractivity contribution < 1.29 is 9.72 Å². The van der Waals surface area contributed by atoms with E-state index in [1.165, 1.54) is 43.2 Å². The Bertz CT molecular complexity index is 1130. The van der Waals surface area contributed by atoms with E-state index >= 15 is 0 Å². The van der Waals surface area contributed by atoms with E-state index in [1.54, 1.807) is 13.0 Å². The van der Waals surface area contributed by atoms with Crippen LogP contribution in [0.15, 0.2) is 53.7 Å². The summed E-state index contributed by atoms with van der Waals surface area (Å²) in [4.78, 5) is 25.5. The molecule has 0 bridgehead atoms. The van der Waals surface area contributed by atoms with E-state index in [1.807, 2.05) is 34.9 Å². The summed E-state index contributed by atoms with van der Waals surface area (Å²) in [5.74, 6) is 0.792. The summed E-state index contributed by atoms with van der Waals surface area (Å²) in [5.41, 5.74) is 2.15. The van der Waals surface area contributed by atoms with E-state index in [0.29, 0.717) is 16.4 Å². The second-order valence-corrected chi connectivity index (χ2v) is 8.94. The highest BCUT2D eigenvalue weighted by molar-refractivity contribution is 7.99. The number of benzene rings is 2. The van der Waals surface area contributed by atoms with Crippen molar-refractivity contribution in [2.24, 2.45) is 0 Å². The van der Waals surface area contributed by atoms with Crippen LogP contribution in [-0.4, -0.2) is 49.3 Å². The van der Waals surface area contributed by atoms with Crippen LogP contribution in [0.4, 0.5) is 11.4 Å². The molecule has 1 aromatic heterocycles. The highest BCUT2D eigenvalue weighted by Crippen LogP contribution is 2.25. The predicted molar refractivity (Wildman–Crippen MR) is 128 cm³/mol. The average molecular weight is 467 g/mol. The lowest BCUT2D eigenvalue weighted by Gasteiger charge is -2.26. The van der Waals surface area contributed by atoms with E-state index < -0.39 is 4.92 Å². The second-order valence-electron chi connectivity index (χ2n) is 8.00. The summed E-state index contributed by atoms with van der Waals surface area (Å²) in [7, 11) is 0. The normalized spacial score (nSPS) is 14.2. The van der Waals surface area contributed by atoms with Crippen LogP contribution >= 0.6 is 11.8 Å². The average Bonchev–Trinajstić information content (AvgIpc) is 3.22. The minimum Gasteiger partial charge on any atom is -0.325 e. The predicted octanol–water partition coefficient (Wildman–Crippen LogP) is 4.20. The Morgan fingerprint density at radius 1 is 1.12 bits per heavy atom. The first kappa shape index (κ1) is 22.9. The van der Waals surface area contributed by atoms with Gasteiger partial charge in [0.25, 0.3) is 5.69 Å².